The monoisotopic (exact) mass is 263 g/mol. The first-order chi connectivity index (χ1) is 9.35. The molecule has 3 nitrogen and oxygen atoms in total. The first kappa shape index (κ1) is 12.8. The average molecular weight is 263 g/mol. The van der Waals surface area contributed by atoms with E-state index in [0.29, 0.717) is 17.1 Å². The molecule has 0 aliphatic rings. The number of amidine groups is 1. The van der Waals surface area contributed by atoms with Crippen LogP contribution in [0.4, 0.5) is 5.69 Å². The van der Waals surface area contributed by atoms with Crippen LogP contribution in [-0.4, -0.2) is 11.0 Å². The van der Waals surface area contributed by atoms with Crippen LogP contribution in [0.15, 0.2) is 64.6 Å². The van der Waals surface area contributed by atoms with Crippen LogP contribution in [0.5, 0.6) is 0 Å². The van der Waals surface area contributed by atoms with E-state index in [9.17, 15) is 0 Å². The third-order valence-electron chi connectivity index (χ3n) is 2.43. The van der Waals surface area contributed by atoms with Crippen molar-refractivity contribution in [2.24, 2.45) is 9.98 Å². The van der Waals surface area contributed by atoms with E-state index in [-0.39, 0.29) is 0 Å². The van der Waals surface area contributed by atoms with Gasteiger partial charge in [-0.2, -0.15) is 10.3 Å². The van der Waals surface area contributed by atoms with Crippen molar-refractivity contribution in [2.75, 3.05) is 0 Å². The highest BCUT2D eigenvalue weighted by Crippen LogP contribution is 2.19. The van der Waals surface area contributed by atoms with Gasteiger partial charge in [0.2, 0.25) is 0 Å². The summed E-state index contributed by atoms with van der Waals surface area (Å²) >= 11 is 4.64. The van der Waals surface area contributed by atoms with E-state index in [0.717, 1.165) is 5.56 Å². The molecule has 0 aliphatic heterocycles. The van der Waals surface area contributed by atoms with Crippen molar-refractivity contribution in [3.05, 3.63) is 65.7 Å². The van der Waals surface area contributed by atoms with Gasteiger partial charge in [0.25, 0.3) is 0 Å². The highest BCUT2D eigenvalue weighted by Gasteiger charge is 2.04. The lowest BCUT2D eigenvalue weighted by Gasteiger charge is -2.01. The summed E-state index contributed by atoms with van der Waals surface area (Å²) in [5.74, 6) is 0.443. The second kappa shape index (κ2) is 6.36. The highest BCUT2D eigenvalue weighted by molar-refractivity contribution is 7.78. The molecule has 4 heteroatoms. The summed E-state index contributed by atoms with van der Waals surface area (Å²) in [6.45, 7) is 0. The molecule has 19 heavy (non-hydrogen) atoms. The van der Waals surface area contributed by atoms with Gasteiger partial charge in [0.05, 0.1) is 16.4 Å². The number of benzene rings is 2. The predicted octanol–water partition coefficient (Wildman–Crippen LogP) is 3.74. The van der Waals surface area contributed by atoms with Crippen LogP contribution in [-0.2, 0) is 0 Å². The lowest BCUT2D eigenvalue weighted by Crippen LogP contribution is -1.96. The van der Waals surface area contributed by atoms with Gasteiger partial charge in [0.1, 0.15) is 6.07 Å². The van der Waals surface area contributed by atoms with E-state index in [4.69, 9.17) is 5.26 Å². The van der Waals surface area contributed by atoms with Gasteiger partial charge in [-0.1, -0.05) is 42.5 Å². The molecular weight excluding hydrogens is 254 g/mol. The van der Waals surface area contributed by atoms with Crippen LogP contribution in [0.2, 0.25) is 0 Å². The molecule has 0 amide bonds. The zero-order valence-electron chi connectivity index (χ0n) is 9.95. The fourth-order valence-electron chi connectivity index (χ4n) is 1.56. The SMILES string of the molecule is N#Cc1ccccc1N=C(N=C=S)c1ccccc1. The molecule has 0 radical (unpaired) electrons. The lowest BCUT2D eigenvalue weighted by molar-refractivity contribution is 1.41. The van der Waals surface area contributed by atoms with Crippen molar-refractivity contribution in [3.8, 4) is 6.07 Å². The van der Waals surface area contributed by atoms with Crippen molar-refractivity contribution >= 4 is 28.9 Å². The molecule has 0 fully saturated rings. The fraction of sp³-hybridized carbons (Fsp3) is 0. The number of thiocarbonyl (C=S) groups is 1. The number of para-hydroxylation sites is 1. The molecule has 0 spiro atoms. The number of aliphatic imine (C=N–C) groups is 2. The zero-order chi connectivity index (χ0) is 13.5. The van der Waals surface area contributed by atoms with Gasteiger partial charge >= 0.3 is 0 Å². The van der Waals surface area contributed by atoms with Crippen LogP contribution in [0, 0.1) is 11.3 Å². The lowest BCUT2D eigenvalue weighted by atomic mass is 10.2. The predicted molar refractivity (Wildman–Crippen MR) is 78.8 cm³/mol. The third kappa shape index (κ3) is 3.20. The molecule has 0 aromatic heterocycles. The Bertz CT molecular complexity index is 693. The zero-order valence-corrected chi connectivity index (χ0v) is 10.8. The van der Waals surface area contributed by atoms with Crippen LogP contribution in [0.25, 0.3) is 0 Å². The maximum absolute atomic E-state index is 9.05. The van der Waals surface area contributed by atoms with E-state index in [2.05, 4.69) is 33.4 Å². The Kier molecular flexibility index (Phi) is 4.30. The number of isothiocyanates is 1. The maximum Gasteiger partial charge on any atom is 0.170 e. The molecule has 0 bridgehead atoms. The van der Waals surface area contributed by atoms with Gasteiger partial charge in [0.15, 0.2) is 5.84 Å². The standard InChI is InChI=1S/C15H9N3S/c16-10-13-8-4-5-9-14(13)18-15(17-11-19)12-6-2-1-3-7-12/h1-9H. The van der Waals surface area contributed by atoms with Crippen molar-refractivity contribution in [1.29, 1.82) is 5.26 Å². The number of hydrogen-bond acceptors (Lipinski definition) is 3. The Balaban J connectivity index is 2.54. The van der Waals surface area contributed by atoms with Crippen molar-refractivity contribution in [3.63, 3.8) is 0 Å². The summed E-state index contributed by atoms with van der Waals surface area (Å²) in [7, 11) is 0. The Hall–Kier alpha value is -2.60. The summed E-state index contributed by atoms with van der Waals surface area (Å²) < 4.78 is 0. The Morgan fingerprint density at radius 1 is 1.00 bits per heavy atom. The first-order valence-electron chi connectivity index (χ1n) is 5.56. The van der Waals surface area contributed by atoms with Crippen LogP contribution < -0.4 is 0 Å². The molecule has 2 aromatic carbocycles. The van der Waals surface area contributed by atoms with Crippen LogP contribution in [0.3, 0.4) is 0 Å². The third-order valence-corrected chi connectivity index (χ3v) is 2.53. The van der Waals surface area contributed by atoms with Gasteiger partial charge in [0, 0.05) is 5.56 Å². The second-order valence-electron chi connectivity index (χ2n) is 3.63. The number of nitrogens with zero attached hydrogens (tertiary/aromatic N) is 3. The molecule has 2 rings (SSSR count). The van der Waals surface area contributed by atoms with Gasteiger partial charge in [-0.05, 0) is 24.4 Å². The Morgan fingerprint density at radius 2 is 1.68 bits per heavy atom. The van der Waals surface area contributed by atoms with Crippen molar-refractivity contribution in [2.45, 2.75) is 0 Å². The van der Waals surface area contributed by atoms with Crippen LogP contribution >= 0.6 is 12.2 Å². The van der Waals surface area contributed by atoms with Crippen molar-refractivity contribution in [1.82, 2.24) is 0 Å². The van der Waals surface area contributed by atoms with Gasteiger partial charge < -0.3 is 0 Å². The maximum atomic E-state index is 9.05. The minimum Gasteiger partial charge on any atom is -0.227 e. The van der Waals surface area contributed by atoms with E-state index >= 15 is 0 Å². The van der Waals surface area contributed by atoms with E-state index in [1.54, 1.807) is 18.2 Å². The van der Waals surface area contributed by atoms with Gasteiger partial charge in [-0.3, -0.25) is 0 Å². The Labute approximate surface area is 116 Å². The van der Waals surface area contributed by atoms with Crippen LogP contribution in [0.1, 0.15) is 11.1 Å². The van der Waals surface area contributed by atoms with Gasteiger partial charge in [-0.15, -0.1) is 0 Å². The molecule has 0 aliphatic carbocycles. The first-order valence-corrected chi connectivity index (χ1v) is 5.97. The summed E-state index contributed by atoms with van der Waals surface area (Å²) in [6, 6.07) is 18.6. The summed E-state index contributed by atoms with van der Waals surface area (Å²) in [6.07, 6.45) is 0. The number of hydrogen-bond donors (Lipinski definition) is 0. The second-order valence-corrected chi connectivity index (χ2v) is 3.82. The van der Waals surface area contributed by atoms with E-state index in [1.165, 1.54) is 0 Å². The van der Waals surface area contributed by atoms with E-state index in [1.807, 2.05) is 36.4 Å². The summed E-state index contributed by atoms with van der Waals surface area (Å²) in [5, 5.41) is 11.4. The molecule has 90 valence electrons. The summed E-state index contributed by atoms with van der Waals surface area (Å²) in [5.41, 5.74) is 1.89. The average Bonchev–Trinajstić information content (AvgIpc) is 2.48. The fourth-order valence-corrected chi connectivity index (χ4v) is 1.65. The molecule has 2 aromatic rings. The summed E-state index contributed by atoms with van der Waals surface area (Å²) in [4.78, 5) is 8.36. The molecular formula is C15H9N3S. The molecule has 0 saturated carbocycles. The largest absolute Gasteiger partial charge is 0.227 e. The number of nitriles is 1. The van der Waals surface area contributed by atoms with Gasteiger partial charge in [-0.25, -0.2) is 4.99 Å². The topological polar surface area (TPSA) is 48.5 Å². The Morgan fingerprint density at radius 3 is 2.37 bits per heavy atom. The van der Waals surface area contributed by atoms with E-state index < -0.39 is 0 Å². The number of rotatable bonds is 2. The molecule has 0 N–H and O–H groups in total. The quantitative estimate of drug-likeness (QED) is 0.471. The normalized spacial score (nSPS) is 10.4. The minimum absolute atomic E-state index is 0.443. The molecule has 0 atom stereocenters. The highest BCUT2D eigenvalue weighted by atomic mass is 32.1. The van der Waals surface area contributed by atoms with Crippen molar-refractivity contribution < 1.29 is 0 Å². The molecule has 0 saturated heterocycles. The minimum atomic E-state index is 0.443. The molecule has 0 unspecified atom stereocenters. The molecule has 0 heterocycles. The smallest absolute Gasteiger partial charge is 0.170 e.